The Hall–Kier alpha value is -3.89. The van der Waals surface area contributed by atoms with Crippen molar-refractivity contribution in [1.29, 1.82) is 0 Å². The average molecular weight is 457 g/mol. The third-order valence-corrected chi connectivity index (χ3v) is 4.92. The summed E-state index contributed by atoms with van der Waals surface area (Å²) in [6.07, 6.45) is 6.79. The lowest BCUT2D eigenvalue weighted by atomic mass is 9.93. The van der Waals surface area contributed by atoms with E-state index in [4.69, 9.17) is 10.5 Å². The van der Waals surface area contributed by atoms with Crippen LogP contribution in [-0.2, 0) is 4.74 Å². The topological polar surface area (TPSA) is 160 Å². The van der Waals surface area contributed by atoms with Crippen LogP contribution in [0.25, 0.3) is 5.70 Å². The number of H-pyrrole nitrogens is 3. The number of carbonyl (C=O) groups excluding carboxylic acids is 2. The lowest BCUT2D eigenvalue weighted by molar-refractivity contribution is -0.380. The Kier molecular flexibility index (Phi) is 7.00. The molecule has 0 atom stereocenters. The van der Waals surface area contributed by atoms with E-state index in [-0.39, 0.29) is 29.2 Å². The molecule has 11 heteroatoms. The molecule has 3 rings (SSSR count). The second-order valence-corrected chi connectivity index (χ2v) is 8.79. The first-order chi connectivity index (χ1) is 15.5. The zero-order valence-electron chi connectivity index (χ0n) is 19.2. The fourth-order valence-electron chi connectivity index (χ4n) is 3.00. The van der Waals surface area contributed by atoms with E-state index in [9.17, 15) is 14.4 Å². The molecule has 1 aliphatic rings. The van der Waals surface area contributed by atoms with Crippen LogP contribution in [0.1, 0.15) is 56.3 Å². The Balaban J connectivity index is 1.94. The summed E-state index contributed by atoms with van der Waals surface area (Å²) >= 11 is 0. The van der Waals surface area contributed by atoms with Gasteiger partial charge in [-0.05, 0) is 52.2 Å². The molecule has 0 spiro atoms. The molecule has 33 heavy (non-hydrogen) atoms. The van der Waals surface area contributed by atoms with Crippen LogP contribution in [0, 0.1) is 0 Å². The largest absolute Gasteiger partial charge is 0.443 e. The molecule has 176 valence electrons. The number of hydrogen-bond acceptors (Lipinski definition) is 5. The number of ether oxygens (including phenoxy) is 1. The first-order valence-corrected chi connectivity index (χ1v) is 10.7. The Bertz CT molecular complexity index is 1140. The van der Waals surface area contributed by atoms with Crippen LogP contribution in [0.2, 0.25) is 0 Å². The predicted molar refractivity (Wildman–Crippen MR) is 123 cm³/mol. The summed E-state index contributed by atoms with van der Waals surface area (Å²) in [5.41, 5.74) is 5.62. The number of aromatic amines is 3. The van der Waals surface area contributed by atoms with Crippen molar-refractivity contribution in [2.75, 3.05) is 7.05 Å². The van der Waals surface area contributed by atoms with Crippen LogP contribution >= 0.6 is 0 Å². The quantitative estimate of drug-likeness (QED) is 0.384. The highest BCUT2D eigenvalue weighted by Gasteiger charge is 2.29. The smallest absolute Gasteiger partial charge is 0.414 e. The van der Waals surface area contributed by atoms with Crippen LogP contribution in [0.4, 0.5) is 10.5 Å². The van der Waals surface area contributed by atoms with Gasteiger partial charge in [0.15, 0.2) is 0 Å². The van der Waals surface area contributed by atoms with Gasteiger partial charge in [0.25, 0.3) is 11.5 Å². The van der Waals surface area contributed by atoms with E-state index >= 15 is 0 Å². The van der Waals surface area contributed by atoms with Crippen molar-refractivity contribution in [3.05, 3.63) is 52.5 Å². The van der Waals surface area contributed by atoms with Crippen molar-refractivity contribution >= 4 is 29.2 Å². The van der Waals surface area contributed by atoms with Gasteiger partial charge in [-0.3, -0.25) is 14.5 Å². The van der Waals surface area contributed by atoms with E-state index in [1.165, 1.54) is 36.5 Å². The van der Waals surface area contributed by atoms with E-state index in [2.05, 4.69) is 25.3 Å². The molecule has 2 aromatic rings. The van der Waals surface area contributed by atoms with Crippen molar-refractivity contribution in [2.24, 2.45) is 10.7 Å². The molecule has 1 saturated carbocycles. The summed E-state index contributed by atoms with van der Waals surface area (Å²) in [7, 11) is 1.51. The first kappa shape index (κ1) is 23.8. The first-order valence-electron chi connectivity index (χ1n) is 10.7. The molecule has 2 aromatic heterocycles. The number of aliphatic imine (C=N–C) groups is 1. The van der Waals surface area contributed by atoms with Gasteiger partial charge < -0.3 is 20.8 Å². The van der Waals surface area contributed by atoms with Crippen molar-refractivity contribution in [3.8, 4) is 0 Å². The van der Waals surface area contributed by atoms with Gasteiger partial charge in [-0.1, -0.05) is 0 Å². The van der Waals surface area contributed by atoms with Crippen molar-refractivity contribution < 1.29 is 19.3 Å². The van der Waals surface area contributed by atoms with Crippen LogP contribution in [0.3, 0.4) is 0 Å². The highest BCUT2D eigenvalue weighted by Crippen LogP contribution is 2.20. The molecular formula is C22H30N7O4+. The fourth-order valence-corrected chi connectivity index (χ4v) is 3.00. The van der Waals surface area contributed by atoms with Gasteiger partial charge >= 0.3 is 11.9 Å². The molecular weight excluding hydrogens is 426 g/mol. The minimum absolute atomic E-state index is 0.0272. The number of amides is 2. The Labute approximate surface area is 191 Å². The van der Waals surface area contributed by atoms with E-state index in [0.717, 1.165) is 19.3 Å². The monoisotopic (exact) mass is 456 g/mol. The lowest BCUT2D eigenvalue weighted by Crippen LogP contribution is -2.39. The van der Waals surface area contributed by atoms with Crippen LogP contribution in [-0.4, -0.2) is 51.4 Å². The summed E-state index contributed by atoms with van der Waals surface area (Å²) in [5.74, 6) is 0.0572. The Morgan fingerprint density at radius 2 is 2.09 bits per heavy atom. The van der Waals surface area contributed by atoms with Gasteiger partial charge in [0.1, 0.15) is 29.0 Å². The molecule has 11 nitrogen and oxygen atoms in total. The zero-order chi connectivity index (χ0) is 24.2. The summed E-state index contributed by atoms with van der Waals surface area (Å²) in [6, 6.07) is 3.31. The van der Waals surface area contributed by atoms with Crippen molar-refractivity contribution in [3.63, 3.8) is 0 Å². The Morgan fingerprint density at radius 1 is 1.36 bits per heavy atom. The highest BCUT2D eigenvalue weighted by molar-refractivity contribution is 6.00. The molecule has 1 aliphatic carbocycles. The van der Waals surface area contributed by atoms with Crippen LogP contribution in [0.5, 0.6) is 0 Å². The summed E-state index contributed by atoms with van der Waals surface area (Å²) in [4.78, 5) is 51.0. The van der Waals surface area contributed by atoms with Gasteiger partial charge in [-0.2, -0.15) is 0 Å². The lowest BCUT2D eigenvalue weighted by Gasteiger charge is -2.25. The molecule has 6 N–H and O–H groups in total. The summed E-state index contributed by atoms with van der Waals surface area (Å²) in [5, 5.41) is 2.95. The molecule has 0 bridgehead atoms. The molecule has 0 saturated heterocycles. The number of aromatic nitrogens is 3. The normalized spacial score (nSPS) is 15.0. The molecule has 2 amide bonds. The van der Waals surface area contributed by atoms with E-state index < -0.39 is 17.3 Å². The molecule has 0 radical (unpaired) electrons. The van der Waals surface area contributed by atoms with Crippen LogP contribution in [0.15, 0.2) is 40.4 Å². The zero-order valence-corrected chi connectivity index (χ0v) is 19.2. The van der Waals surface area contributed by atoms with Crippen molar-refractivity contribution in [2.45, 2.75) is 51.7 Å². The van der Waals surface area contributed by atoms with Gasteiger partial charge in [-0.25, -0.2) is 19.8 Å². The maximum atomic E-state index is 12.7. The number of carbonyl (C=O) groups is 2. The number of nitrogens with zero attached hydrogens (tertiary/aromatic N) is 2. The molecule has 0 aromatic carbocycles. The van der Waals surface area contributed by atoms with E-state index in [0.29, 0.717) is 11.5 Å². The number of imidazole rings is 1. The van der Waals surface area contributed by atoms with Gasteiger partial charge in [0, 0.05) is 25.4 Å². The average Bonchev–Trinajstić information content (AvgIpc) is 3.19. The number of hydrogen-bond donors (Lipinski definition) is 4. The van der Waals surface area contributed by atoms with E-state index in [1.54, 1.807) is 26.8 Å². The highest BCUT2D eigenvalue weighted by atomic mass is 16.6. The van der Waals surface area contributed by atoms with Crippen molar-refractivity contribution in [1.82, 2.24) is 20.2 Å². The van der Waals surface area contributed by atoms with Gasteiger partial charge in [0.05, 0.1) is 0 Å². The van der Waals surface area contributed by atoms with Gasteiger partial charge in [-0.15, -0.1) is 0 Å². The maximum Gasteiger partial charge on any atom is 0.414 e. The number of amidine groups is 1. The number of pyridine rings is 1. The second kappa shape index (κ2) is 9.72. The maximum absolute atomic E-state index is 12.7. The summed E-state index contributed by atoms with van der Waals surface area (Å²) < 4.78 is 5.45. The minimum atomic E-state index is -0.722. The summed E-state index contributed by atoms with van der Waals surface area (Å²) in [6.45, 7) is 5.26. The third-order valence-electron chi connectivity index (χ3n) is 4.92. The number of nitrogens with two attached hydrogens (primary N) is 1. The van der Waals surface area contributed by atoms with E-state index in [1.807, 2.05) is 0 Å². The third kappa shape index (κ3) is 6.31. The molecule has 1 fully saturated rings. The minimum Gasteiger partial charge on any atom is -0.443 e. The molecule has 0 unspecified atom stereocenters. The van der Waals surface area contributed by atoms with Gasteiger partial charge in [0.2, 0.25) is 5.69 Å². The molecule has 0 aliphatic heterocycles. The molecule has 2 heterocycles. The SMILES string of the molecule is CN(C(=O)OC(C)(C)C)/C(=C/C(N)=Nc1ccc[nH]c1=O)c1[nH]c(C(=O)NC2CCC2)c[nH+]1. The standard InChI is InChI=1S/C22H29N7O4/c1-22(2,3)33-21(32)29(4)16(11-17(23)27-14-9-6-10-24-19(14)30)18-25-12-15(28-18)20(31)26-13-7-5-8-13/h6,9-13H,5,7-8H2,1-4H3,(H2,23,27)(H,24,30)(H,25,28)(H,26,31)/p+1/b16-11+. The number of nitrogens with one attached hydrogen (secondary N) is 4. The number of rotatable bonds is 6. The Morgan fingerprint density at radius 3 is 2.70 bits per heavy atom. The fraction of sp³-hybridized carbons (Fsp3) is 0.409. The predicted octanol–water partition coefficient (Wildman–Crippen LogP) is 1.70. The van der Waals surface area contributed by atoms with Crippen LogP contribution < -0.4 is 21.6 Å². The second-order valence-electron chi connectivity index (χ2n) is 8.79.